The monoisotopic (exact) mass is 250 g/mol. The molecule has 0 spiro atoms. The molecule has 0 saturated carbocycles. The van der Waals surface area contributed by atoms with Crippen LogP contribution in [-0.4, -0.2) is 23.5 Å². The summed E-state index contributed by atoms with van der Waals surface area (Å²) in [7, 11) is 0. The third kappa shape index (κ3) is 3.97. The van der Waals surface area contributed by atoms with Crippen molar-refractivity contribution in [3.05, 3.63) is 29.8 Å². The molecular formula is C13H18N2OS. The molecule has 1 fully saturated rings. The van der Waals surface area contributed by atoms with Crippen molar-refractivity contribution in [1.82, 2.24) is 5.32 Å². The topological polar surface area (TPSA) is 55.1 Å². The number of amides is 1. The summed E-state index contributed by atoms with van der Waals surface area (Å²) in [4.78, 5) is 11.7. The van der Waals surface area contributed by atoms with Crippen LogP contribution in [0.2, 0.25) is 0 Å². The summed E-state index contributed by atoms with van der Waals surface area (Å²) in [6.07, 6.45) is 2.45. The average molecular weight is 250 g/mol. The number of thioether (sulfide) groups is 1. The molecule has 17 heavy (non-hydrogen) atoms. The smallest absolute Gasteiger partial charge is 0.220 e. The van der Waals surface area contributed by atoms with Gasteiger partial charge in [-0.1, -0.05) is 12.1 Å². The van der Waals surface area contributed by atoms with E-state index in [1.165, 1.54) is 5.75 Å². The molecule has 2 rings (SSSR count). The third-order valence-electron chi connectivity index (χ3n) is 2.92. The quantitative estimate of drug-likeness (QED) is 0.802. The van der Waals surface area contributed by atoms with E-state index in [2.05, 4.69) is 5.32 Å². The maximum absolute atomic E-state index is 11.7. The van der Waals surface area contributed by atoms with E-state index in [-0.39, 0.29) is 5.91 Å². The number of hydrogen-bond acceptors (Lipinski definition) is 3. The van der Waals surface area contributed by atoms with Crippen LogP contribution in [0.5, 0.6) is 0 Å². The lowest BCUT2D eigenvalue weighted by Gasteiger charge is -2.11. The molecule has 4 heteroatoms. The Labute approximate surface area is 106 Å². The fraction of sp³-hybridized carbons (Fsp3) is 0.462. The van der Waals surface area contributed by atoms with Gasteiger partial charge in [0.1, 0.15) is 0 Å². The summed E-state index contributed by atoms with van der Waals surface area (Å²) in [6.45, 7) is 0. The normalized spacial score (nSPS) is 19.2. The highest BCUT2D eigenvalue weighted by Crippen LogP contribution is 2.17. The molecule has 1 aromatic carbocycles. The summed E-state index contributed by atoms with van der Waals surface area (Å²) in [5.41, 5.74) is 7.54. The molecule has 0 radical (unpaired) electrons. The van der Waals surface area contributed by atoms with Gasteiger partial charge in [0.15, 0.2) is 0 Å². The van der Waals surface area contributed by atoms with Crippen LogP contribution in [0, 0.1) is 0 Å². The number of nitrogens with one attached hydrogen (secondary N) is 1. The van der Waals surface area contributed by atoms with E-state index in [1.807, 2.05) is 36.0 Å². The minimum atomic E-state index is 0.161. The van der Waals surface area contributed by atoms with Crippen LogP contribution in [0.25, 0.3) is 0 Å². The average Bonchev–Trinajstić information content (AvgIpc) is 2.81. The molecule has 0 aliphatic carbocycles. The van der Waals surface area contributed by atoms with Crippen molar-refractivity contribution in [3.63, 3.8) is 0 Å². The molecule has 1 aliphatic rings. The van der Waals surface area contributed by atoms with Crippen molar-refractivity contribution < 1.29 is 4.79 Å². The molecule has 3 nitrogen and oxygen atoms in total. The maximum atomic E-state index is 11.7. The standard InChI is InChI=1S/C13H18N2OS/c14-11-4-1-10(2-5-11)3-6-13(16)15-12-7-8-17-9-12/h1-2,4-5,12H,3,6-9,14H2,(H,15,16). The van der Waals surface area contributed by atoms with Gasteiger partial charge in [-0.15, -0.1) is 0 Å². The van der Waals surface area contributed by atoms with Crippen molar-refractivity contribution >= 4 is 23.4 Å². The molecule has 1 heterocycles. The zero-order valence-corrected chi connectivity index (χ0v) is 10.6. The molecule has 1 aromatic rings. The number of carbonyl (C=O) groups excluding carboxylic acids is 1. The van der Waals surface area contributed by atoms with E-state index in [4.69, 9.17) is 5.73 Å². The molecule has 3 N–H and O–H groups in total. The fourth-order valence-electron chi connectivity index (χ4n) is 1.89. The van der Waals surface area contributed by atoms with Crippen LogP contribution < -0.4 is 11.1 Å². The fourth-order valence-corrected chi connectivity index (χ4v) is 3.04. The predicted octanol–water partition coefficient (Wildman–Crippen LogP) is 1.82. The van der Waals surface area contributed by atoms with Crippen LogP contribution in [0.1, 0.15) is 18.4 Å². The number of aryl methyl sites for hydroxylation is 1. The SMILES string of the molecule is Nc1ccc(CCC(=O)NC2CCSC2)cc1. The van der Waals surface area contributed by atoms with Crippen LogP contribution in [0.4, 0.5) is 5.69 Å². The molecule has 1 aliphatic heterocycles. The first-order valence-corrected chi connectivity index (χ1v) is 7.11. The van der Waals surface area contributed by atoms with E-state index in [1.54, 1.807) is 0 Å². The zero-order valence-electron chi connectivity index (χ0n) is 9.82. The summed E-state index contributed by atoms with van der Waals surface area (Å²) >= 11 is 1.91. The first kappa shape index (κ1) is 12.3. The molecule has 1 atom stereocenters. The highest BCUT2D eigenvalue weighted by atomic mass is 32.2. The summed E-state index contributed by atoms with van der Waals surface area (Å²) < 4.78 is 0. The predicted molar refractivity (Wildman–Crippen MR) is 73.0 cm³/mol. The molecule has 0 aromatic heterocycles. The van der Waals surface area contributed by atoms with Gasteiger partial charge >= 0.3 is 0 Å². The lowest BCUT2D eigenvalue weighted by Crippen LogP contribution is -2.34. The summed E-state index contributed by atoms with van der Waals surface area (Å²) in [5.74, 6) is 2.39. The highest BCUT2D eigenvalue weighted by Gasteiger charge is 2.17. The van der Waals surface area contributed by atoms with E-state index >= 15 is 0 Å². The Hall–Kier alpha value is -1.16. The van der Waals surface area contributed by atoms with E-state index < -0.39 is 0 Å². The number of carbonyl (C=O) groups is 1. The van der Waals surface area contributed by atoms with E-state index in [9.17, 15) is 4.79 Å². The Bertz CT molecular complexity index is 372. The summed E-state index contributed by atoms with van der Waals surface area (Å²) in [6, 6.07) is 8.10. The number of rotatable bonds is 4. The third-order valence-corrected chi connectivity index (χ3v) is 4.08. The van der Waals surface area contributed by atoms with Gasteiger partial charge in [0.2, 0.25) is 5.91 Å². The Morgan fingerprint density at radius 3 is 2.82 bits per heavy atom. The second-order valence-electron chi connectivity index (χ2n) is 4.37. The first-order chi connectivity index (χ1) is 8.24. The number of benzene rings is 1. The second kappa shape index (κ2) is 5.96. The van der Waals surface area contributed by atoms with Crippen molar-refractivity contribution in [3.8, 4) is 0 Å². The van der Waals surface area contributed by atoms with Gasteiger partial charge in [-0.3, -0.25) is 4.79 Å². The van der Waals surface area contributed by atoms with Crippen molar-refractivity contribution in [2.75, 3.05) is 17.2 Å². The Kier molecular flexibility index (Phi) is 4.31. The minimum absolute atomic E-state index is 0.161. The number of hydrogen-bond donors (Lipinski definition) is 2. The summed E-state index contributed by atoms with van der Waals surface area (Å²) in [5, 5.41) is 3.08. The minimum Gasteiger partial charge on any atom is -0.399 e. The van der Waals surface area contributed by atoms with Crippen molar-refractivity contribution in [2.24, 2.45) is 0 Å². The largest absolute Gasteiger partial charge is 0.399 e. The lowest BCUT2D eigenvalue weighted by atomic mass is 10.1. The number of nitrogens with two attached hydrogens (primary N) is 1. The molecular weight excluding hydrogens is 232 g/mol. The maximum Gasteiger partial charge on any atom is 0.220 e. The van der Waals surface area contributed by atoms with Gasteiger partial charge in [0, 0.05) is 23.9 Å². The van der Waals surface area contributed by atoms with Gasteiger partial charge < -0.3 is 11.1 Å². The van der Waals surface area contributed by atoms with Crippen LogP contribution in [0.15, 0.2) is 24.3 Å². The van der Waals surface area contributed by atoms with Crippen LogP contribution in [0.3, 0.4) is 0 Å². The van der Waals surface area contributed by atoms with Gasteiger partial charge in [-0.05, 0) is 36.3 Å². The highest BCUT2D eigenvalue weighted by molar-refractivity contribution is 7.99. The van der Waals surface area contributed by atoms with Crippen molar-refractivity contribution in [1.29, 1.82) is 0 Å². The molecule has 92 valence electrons. The first-order valence-electron chi connectivity index (χ1n) is 5.95. The van der Waals surface area contributed by atoms with E-state index in [0.717, 1.165) is 29.8 Å². The van der Waals surface area contributed by atoms with Crippen LogP contribution in [-0.2, 0) is 11.2 Å². The number of nitrogen functional groups attached to an aromatic ring is 1. The molecule has 1 amide bonds. The molecule has 1 saturated heterocycles. The lowest BCUT2D eigenvalue weighted by molar-refractivity contribution is -0.121. The van der Waals surface area contributed by atoms with Crippen LogP contribution >= 0.6 is 11.8 Å². The van der Waals surface area contributed by atoms with Crippen molar-refractivity contribution in [2.45, 2.75) is 25.3 Å². The Morgan fingerprint density at radius 2 is 2.18 bits per heavy atom. The van der Waals surface area contributed by atoms with Gasteiger partial charge in [-0.25, -0.2) is 0 Å². The number of anilines is 1. The van der Waals surface area contributed by atoms with Gasteiger partial charge in [0.05, 0.1) is 0 Å². The molecule has 0 bridgehead atoms. The Morgan fingerprint density at radius 1 is 1.41 bits per heavy atom. The molecule has 1 unspecified atom stereocenters. The van der Waals surface area contributed by atoms with E-state index in [0.29, 0.717) is 12.5 Å². The zero-order chi connectivity index (χ0) is 12.1. The van der Waals surface area contributed by atoms with Gasteiger partial charge in [0.25, 0.3) is 0 Å². The Balaban J connectivity index is 1.73. The second-order valence-corrected chi connectivity index (χ2v) is 5.52. The van der Waals surface area contributed by atoms with Gasteiger partial charge in [-0.2, -0.15) is 11.8 Å².